The second-order valence-corrected chi connectivity index (χ2v) is 7.52. The summed E-state index contributed by atoms with van der Waals surface area (Å²) in [6, 6.07) is -0.829. The highest BCUT2D eigenvalue weighted by Crippen LogP contribution is 2.31. The van der Waals surface area contributed by atoms with E-state index >= 15 is 0 Å². The minimum Gasteiger partial charge on any atom is -0.444 e. The van der Waals surface area contributed by atoms with Crippen LogP contribution in [0.5, 0.6) is 0 Å². The van der Waals surface area contributed by atoms with E-state index in [4.69, 9.17) is 9.47 Å². The molecule has 0 unspecified atom stereocenters. The fourth-order valence-corrected chi connectivity index (χ4v) is 2.62. The number of rotatable bonds is 2. The predicted molar refractivity (Wildman–Crippen MR) is 87.2 cm³/mol. The van der Waals surface area contributed by atoms with Crippen molar-refractivity contribution < 1.29 is 36.2 Å². The summed E-state index contributed by atoms with van der Waals surface area (Å²) in [5.74, 6) is -10.2. The van der Waals surface area contributed by atoms with E-state index < -0.39 is 58.1 Å². The summed E-state index contributed by atoms with van der Waals surface area (Å²) in [6.07, 6.45) is 1.14. The fraction of sp³-hybridized carbons (Fsp3) is 0.500. The van der Waals surface area contributed by atoms with Crippen LogP contribution < -0.4 is 0 Å². The number of amides is 1. The Labute approximate surface area is 153 Å². The van der Waals surface area contributed by atoms with Gasteiger partial charge in [0.15, 0.2) is 23.3 Å². The first-order chi connectivity index (χ1) is 12.3. The van der Waals surface area contributed by atoms with Crippen molar-refractivity contribution in [2.75, 3.05) is 6.61 Å². The average Bonchev–Trinajstić information content (AvgIpc) is 2.84. The van der Waals surface area contributed by atoms with Crippen LogP contribution in [0.3, 0.4) is 0 Å². The van der Waals surface area contributed by atoms with Gasteiger partial charge in [-0.25, -0.2) is 26.7 Å². The Bertz CT molecular complexity index is 757. The molecule has 27 heavy (non-hydrogen) atoms. The molecule has 1 aromatic carbocycles. The van der Waals surface area contributed by atoms with Gasteiger partial charge in [-0.1, -0.05) is 12.2 Å². The lowest BCUT2D eigenvalue weighted by Gasteiger charge is -2.34. The second kappa shape index (κ2) is 7.10. The van der Waals surface area contributed by atoms with Crippen molar-refractivity contribution in [3.63, 3.8) is 0 Å². The van der Waals surface area contributed by atoms with Gasteiger partial charge in [0.25, 0.3) is 0 Å². The second-order valence-electron chi connectivity index (χ2n) is 7.52. The zero-order valence-electron chi connectivity index (χ0n) is 15.5. The summed E-state index contributed by atoms with van der Waals surface area (Å²) >= 11 is 0. The highest BCUT2D eigenvalue weighted by Gasteiger charge is 2.44. The molecule has 1 atom stereocenters. The Hall–Kier alpha value is -2.16. The number of carbonyl (C=O) groups is 1. The quantitative estimate of drug-likeness (QED) is 0.413. The molecule has 0 spiro atoms. The van der Waals surface area contributed by atoms with Gasteiger partial charge in [0.2, 0.25) is 5.82 Å². The van der Waals surface area contributed by atoms with E-state index in [-0.39, 0.29) is 6.61 Å². The van der Waals surface area contributed by atoms with Crippen LogP contribution in [-0.4, -0.2) is 35.0 Å². The van der Waals surface area contributed by atoms with E-state index in [1.165, 1.54) is 4.90 Å². The number of carbonyl (C=O) groups excluding carboxylic acids is 1. The van der Waals surface area contributed by atoms with Gasteiger partial charge in [0.05, 0.1) is 18.2 Å². The minimum atomic E-state index is -2.23. The van der Waals surface area contributed by atoms with Gasteiger partial charge in [-0.3, -0.25) is 4.90 Å². The monoisotopic (exact) mass is 393 g/mol. The minimum absolute atomic E-state index is 0.0435. The van der Waals surface area contributed by atoms with Gasteiger partial charge in [-0.05, 0) is 34.6 Å². The zero-order chi connectivity index (χ0) is 20.7. The van der Waals surface area contributed by atoms with Crippen LogP contribution in [0.1, 0.15) is 40.2 Å². The summed E-state index contributed by atoms with van der Waals surface area (Å²) in [7, 11) is 0. The molecule has 0 aromatic heterocycles. The molecule has 1 saturated heterocycles. The molecule has 4 nitrogen and oxygen atoms in total. The van der Waals surface area contributed by atoms with Crippen LogP contribution in [0.25, 0.3) is 6.08 Å². The van der Waals surface area contributed by atoms with Crippen molar-refractivity contribution in [2.45, 2.75) is 52.0 Å². The van der Waals surface area contributed by atoms with Crippen molar-refractivity contribution in [3.05, 3.63) is 40.7 Å². The molecular weight excluding hydrogens is 373 g/mol. The number of benzene rings is 1. The molecule has 1 heterocycles. The van der Waals surface area contributed by atoms with Crippen LogP contribution >= 0.6 is 0 Å². The predicted octanol–water partition coefficient (Wildman–Crippen LogP) is 4.77. The molecule has 1 fully saturated rings. The molecule has 1 amide bonds. The lowest BCUT2D eigenvalue weighted by Crippen LogP contribution is -2.49. The summed E-state index contributed by atoms with van der Waals surface area (Å²) in [5, 5.41) is 0. The number of hydrogen-bond donors (Lipinski definition) is 0. The van der Waals surface area contributed by atoms with Crippen molar-refractivity contribution in [3.8, 4) is 0 Å². The largest absolute Gasteiger partial charge is 0.444 e. The fourth-order valence-electron chi connectivity index (χ4n) is 2.62. The first-order valence-corrected chi connectivity index (χ1v) is 8.12. The van der Waals surface area contributed by atoms with Gasteiger partial charge >= 0.3 is 6.09 Å². The number of nitrogens with zero attached hydrogens (tertiary/aromatic N) is 1. The lowest BCUT2D eigenvalue weighted by atomic mass is 10.1. The molecule has 1 aromatic rings. The first kappa shape index (κ1) is 21.1. The normalized spacial score (nSPS) is 19.8. The van der Waals surface area contributed by atoms with Gasteiger partial charge < -0.3 is 9.47 Å². The topological polar surface area (TPSA) is 38.8 Å². The smallest absolute Gasteiger partial charge is 0.413 e. The Morgan fingerprint density at radius 1 is 1.07 bits per heavy atom. The molecule has 2 rings (SSSR count). The zero-order valence-corrected chi connectivity index (χ0v) is 15.5. The summed E-state index contributed by atoms with van der Waals surface area (Å²) in [4.78, 5) is 13.7. The molecular formula is C18H20F5NO3. The first-order valence-electron chi connectivity index (χ1n) is 8.12. The van der Waals surface area contributed by atoms with Gasteiger partial charge in [-0.15, -0.1) is 0 Å². The van der Waals surface area contributed by atoms with Gasteiger partial charge in [-0.2, -0.15) is 0 Å². The average molecular weight is 393 g/mol. The highest BCUT2D eigenvalue weighted by atomic mass is 19.2. The molecule has 9 heteroatoms. The Morgan fingerprint density at radius 3 is 2.04 bits per heavy atom. The van der Waals surface area contributed by atoms with E-state index in [1.807, 2.05) is 0 Å². The lowest BCUT2D eigenvalue weighted by molar-refractivity contribution is -0.0610. The third-order valence-corrected chi connectivity index (χ3v) is 3.84. The van der Waals surface area contributed by atoms with Crippen LogP contribution in [0.2, 0.25) is 0 Å². The number of ether oxygens (including phenoxy) is 2. The van der Waals surface area contributed by atoms with E-state index in [9.17, 15) is 26.7 Å². The number of halogens is 5. The number of hydrogen-bond acceptors (Lipinski definition) is 3. The van der Waals surface area contributed by atoms with Crippen LogP contribution in [-0.2, 0) is 9.47 Å². The Morgan fingerprint density at radius 2 is 1.56 bits per heavy atom. The van der Waals surface area contributed by atoms with Crippen LogP contribution in [0.4, 0.5) is 26.7 Å². The Kier molecular flexibility index (Phi) is 5.56. The maximum atomic E-state index is 13.8. The van der Waals surface area contributed by atoms with Crippen LogP contribution in [0.15, 0.2) is 6.08 Å². The van der Waals surface area contributed by atoms with E-state index in [0.717, 1.165) is 12.2 Å². The summed E-state index contributed by atoms with van der Waals surface area (Å²) in [6.45, 7) is 8.11. The molecule has 1 aliphatic rings. The van der Waals surface area contributed by atoms with E-state index in [1.54, 1.807) is 34.6 Å². The molecule has 0 aliphatic carbocycles. The van der Waals surface area contributed by atoms with Crippen LogP contribution in [0, 0.1) is 29.1 Å². The summed E-state index contributed by atoms with van der Waals surface area (Å²) in [5.41, 5.74) is -2.99. The molecule has 0 saturated carbocycles. The highest BCUT2D eigenvalue weighted by molar-refractivity contribution is 5.70. The van der Waals surface area contributed by atoms with E-state index in [0.29, 0.717) is 0 Å². The molecule has 0 N–H and O–H groups in total. The molecule has 1 aliphatic heterocycles. The standard InChI is InChI=1S/C18H20F5NO3/c1-17(2,3)27-16(25)24-9(8-26-18(24,4)5)6-7-10-11(19)13(21)15(23)14(22)12(10)20/h6-7,9H,8H2,1-5H3/b7-6+/t9-/m0/s1. The Balaban J connectivity index is 2.37. The van der Waals surface area contributed by atoms with Crippen molar-refractivity contribution in [1.82, 2.24) is 4.90 Å². The SMILES string of the molecule is CC(C)(C)OC(=O)N1[C@@H](/C=C/c2c(F)c(F)c(F)c(F)c2F)COC1(C)C. The third kappa shape index (κ3) is 4.23. The van der Waals surface area contributed by atoms with Gasteiger partial charge in [0.1, 0.15) is 11.3 Å². The molecule has 0 bridgehead atoms. The molecule has 150 valence electrons. The van der Waals surface area contributed by atoms with E-state index in [2.05, 4.69) is 0 Å². The third-order valence-electron chi connectivity index (χ3n) is 3.84. The van der Waals surface area contributed by atoms with Crippen molar-refractivity contribution in [2.24, 2.45) is 0 Å². The molecule has 0 radical (unpaired) electrons. The summed E-state index contributed by atoms with van der Waals surface area (Å²) < 4.78 is 78.1. The maximum Gasteiger partial charge on any atom is 0.413 e. The van der Waals surface area contributed by atoms with Crippen molar-refractivity contribution >= 4 is 12.2 Å². The van der Waals surface area contributed by atoms with Gasteiger partial charge in [0, 0.05) is 0 Å². The van der Waals surface area contributed by atoms with Crippen molar-refractivity contribution in [1.29, 1.82) is 0 Å². The maximum absolute atomic E-state index is 13.8.